The first-order valence-corrected chi connectivity index (χ1v) is 13.0. The largest absolute Gasteiger partial charge is 0.550 e. The first-order valence-electron chi connectivity index (χ1n) is 13.0. The SMILES string of the molecule is CC(=O)[O-].OC(c1ccccn1)(c1cc(C(F)(F)F)nc2c(C(F)(F)F)cccc12)c1cc(C(F)(F)F)nc2c(C(F)(F)F)cccc12. The van der Waals surface area contributed by atoms with Crippen LogP contribution in [0.5, 0.6) is 0 Å². The van der Waals surface area contributed by atoms with Crippen LogP contribution in [0.3, 0.4) is 0 Å². The van der Waals surface area contributed by atoms with Gasteiger partial charge in [-0.3, -0.25) is 4.98 Å². The van der Waals surface area contributed by atoms with Crippen molar-refractivity contribution in [3.63, 3.8) is 0 Å². The number of carbonyl (C=O) groups is 1. The predicted molar refractivity (Wildman–Crippen MR) is 141 cm³/mol. The summed E-state index contributed by atoms with van der Waals surface area (Å²) >= 11 is 0. The van der Waals surface area contributed by atoms with E-state index in [0.29, 0.717) is 12.1 Å². The number of halogens is 12. The van der Waals surface area contributed by atoms with Gasteiger partial charge in [-0.25, -0.2) is 9.97 Å². The number of carboxylic acids is 1. The van der Waals surface area contributed by atoms with Gasteiger partial charge >= 0.3 is 24.7 Å². The Bertz CT molecular complexity index is 1870. The standard InChI is InChI=1S/C28H13F12N3O.C2H4O2/c29-25(30,31)15-7-3-5-13-17(11-20(27(35,36)37)42-22(13)15)24(44,19-9-1-2-10-41-19)18-12-21(28(38,39)40)43-23-14(18)6-4-8-16(23)26(32,33)34;1-2(3)4/h1-12,44H;1H3,(H,3,4)/p-1. The lowest BCUT2D eigenvalue weighted by molar-refractivity contribution is -0.302. The Kier molecular flexibility index (Phi) is 9.13. The van der Waals surface area contributed by atoms with Gasteiger partial charge in [-0.1, -0.05) is 30.3 Å². The number of carboxylic acid groups (broad SMARTS) is 1. The highest BCUT2D eigenvalue weighted by Crippen LogP contribution is 2.48. The number of benzene rings is 2. The average Bonchev–Trinajstić information content (AvgIpc) is 2.97. The third kappa shape index (κ3) is 6.97. The zero-order valence-electron chi connectivity index (χ0n) is 23.6. The first-order chi connectivity index (χ1) is 22.0. The Morgan fingerprint density at radius 1 is 0.583 bits per heavy atom. The summed E-state index contributed by atoms with van der Waals surface area (Å²) in [5, 5.41) is 19.7. The minimum atomic E-state index is -5.45. The zero-order chi connectivity index (χ0) is 36.0. The van der Waals surface area contributed by atoms with Crippen molar-refractivity contribution in [1.29, 1.82) is 0 Å². The van der Waals surface area contributed by atoms with Gasteiger partial charge in [-0.2, -0.15) is 52.7 Å². The highest BCUT2D eigenvalue weighted by Gasteiger charge is 2.46. The van der Waals surface area contributed by atoms with E-state index in [1.165, 1.54) is 6.07 Å². The molecule has 0 bridgehead atoms. The Morgan fingerprint density at radius 3 is 1.29 bits per heavy atom. The molecule has 3 aromatic heterocycles. The van der Waals surface area contributed by atoms with Crippen LogP contribution in [0.2, 0.25) is 0 Å². The number of aromatic nitrogens is 3. The molecule has 0 aliphatic carbocycles. The third-order valence-electron chi connectivity index (χ3n) is 6.69. The van der Waals surface area contributed by atoms with E-state index in [4.69, 9.17) is 9.90 Å². The van der Waals surface area contributed by atoms with Crippen molar-refractivity contribution < 1.29 is 67.7 Å². The maximum atomic E-state index is 14.0. The van der Waals surface area contributed by atoms with Crippen LogP contribution in [0, 0.1) is 0 Å². The maximum absolute atomic E-state index is 14.0. The van der Waals surface area contributed by atoms with Crippen LogP contribution in [-0.4, -0.2) is 26.0 Å². The number of aliphatic hydroxyl groups is 1. The Morgan fingerprint density at radius 2 is 0.979 bits per heavy atom. The second kappa shape index (κ2) is 12.2. The minimum Gasteiger partial charge on any atom is -0.550 e. The molecule has 18 heteroatoms. The van der Waals surface area contributed by atoms with Crippen molar-refractivity contribution in [2.24, 2.45) is 0 Å². The third-order valence-corrected chi connectivity index (χ3v) is 6.69. The van der Waals surface area contributed by atoms with E-state index in [-0.39, 0.29) is 12.1 Å². The molecule has 0 aliphatic rings. The lowest BCUT2D eigenvalue weighted by Crippen LogP contribution is -2.32. The summed E-state index contributed by atoms with van der Waals surface area (Å²) in [5.74, 6) is -1.08. The molecule has 2 aromatic carbocycles. The molecule has 3 heterocycles. The molecule has 5 aromatic rings. The van der Waals surface area contributed by atoms with Crippen molar-refractivity contribution >= 4 is 27.8 Å². The van der Waals surface area contributed by atoms with E-state index in [1.807, 2.05) is 0 Å². The van der Waals surface area contributed by atoms with Crippen LogP contribution in [-0.2, 0) is 35.1 Å². The van der Waals surface area contributed by atoms with Crippen molar-refractivity contribution in [1.82, 2.24) is 15.0 Å². The molecule has 0 aliphatic heterocycles. The van der Waals surface area contributed by atoms with Gasteiger partial charge in [0, 0.05) is 34.1 Å². The van der Waals surface area contributed by atoms with Crippen LogP contribution in [0.25, 0.3) is 21.8 Å². The highest BCUT2D eigenvalue weighted by molar-refractivity contribution is 5.92. The first kappa shape index (κ1) is 35.8. The van der Waals surface area contributed by atoms with Gasteiger partial charge in [0.15, 0.2) is 5.60 Å². The monoisotopic (exact) mass is 694 g/mol. The molecule has 0 saturated carbocycles. The normalized spacial score (nSPS) is 13.0. The summed E-state index contributed by atoms with van der Waals surface area (Å²) < 4.78 is 168. The number of hydrogen-bond donors (Lipinski definition) is 1. The van der Waals surface area contributed by atoms with E-state index < -0.39 is 97.4 Å². The van der Waals surface area contributed by atoms with Crippen molar-refractivity contribution in [2.75, 3.05) is 0 Å². The molecule has 0 saturated heterocycles. The Balaban J connectivity index is 0.00000123. The van der Waals surface area contributed by atoms with E-state index in [1.54, 1.807) is 0 Å². The molecule has 0 amide bonds. The number of rotatable bonds is 3. The molecular weight excluding hydrogens is 678 g/mol. The number of carbonyl (C=O) groups excluding carboxylic acids is 1. The number of para-hydroxylation sites is 2. The molecule has 5 rings (SSSR count). The van der Waals surface area contributed by atoms with Gasteiger partial charge in [-0.15, -0.1) is 0 Å². The van der Waals surface area contributed by atoms with Crippen molar-refractivity contribution in [2.45, 2.75) is 37.2 Å². The molecule has 6 nitrogen and oxygen atoms in total. The number of nitrogens with zero attached hydrogens (tertiary/aromatic N) is 3. The lowest BCUT2D eigenvalue weighted by atomic mass is 9.79. The molecule has 254 valence electrons. The number of alkyl halides is 12. The van der Waals surface area contributed by atoms with Gasteiger partial charge in [0.25, 0.3) is 0 Å². The summed E-state index contributed by atoms with van der Waals surface area (Å²) in [4.78, 5) is 19.0. The van der Waals surface area contributed by atoms with E-state index >= 15 is 0 Å². The van der Waals surface area contributed by atoms with E-state index in [9.17, 15) is 57.8 Å². The Labute approximate surface area is 260 Å². The van der Waals surface area contributed by atoms with E-state index in [0.717, 1.165) is 49.5 Å². The second-order valence-electron chi connectivity index (χ2n) is 9.92. The van der Waals surface area contributed by atoms with Crippen LogP contribution in [0.15, 0.2) is 72.9 Å². The molecular formula is C30H16F12N3O3-. The number of aliphatic carboxylic acids is 1. The molecule has 48 heavy (non-hydrogen) atoms. The fourth-order valence-corrected chi connectivity index (χ4v) is 4.84. The summed E-state index contributed by atoms with van der Waals surface area (Å²) in [6.45, 7) is 0.972. The smallest absolute Gasteiger partial charge is 0.433 e. The average molecular weight is 694 g/mol. The van der Waals surface area contributed by atoms with Gasteiger partial charge in [0.05, 0.1) is 27.9 Å². The topological polar surface area (TPSA) is 99.0 Å². The predicted octanol–water partition coefficient (Wildman–Crippen LogP) is 7.29. The van der Waals surface area contributed by atoms with Crippen LogP contribution < -0.4 is 5.11 Å². The fraction of sp³-hybridized carbons (Fsp3) is 0.200. The lowest BCUT2D eigenvalue weighted by Gasteiger charge is -2.32. The highest BCUT2D eigenvalue weighted by atomic mass is 19.4. The number of hydrogen-bond acceptors (Lipinski definition) is 6. The van der Waals surface area contributed by atoms with Crippen LogP contribution >= 0.6 is 0 Å². The van der Waals surface area contributed by atoms with Gasteiger partial charge < -0.3 is 15.0 Å². The molecule has 0 unspecified atom stereocenters. The van der Waals surface area contributed by atoms with Gasteiger partial charge in [0.2, 0.25) is 0 Å². The molecule has 1 N–H and O–H groups in total. The fourth-order valence-electron chi connectivity index (χ4n) is 4.84. The minimum absolute atomic E-state index is 0.115. The molecule has 0 spiro atoms. The molecule has 0 fully saturated rings. The van der Waals surface area contributed by atoms with Crippen molar-refractivity contribution in [3.8, 4) is 0 Å². The van der Waals surface area contributed by atoms with Crippen molar-refractivity contribution in [3.05, 3.63) is 112 Å². The summed E-state index contributed by atoms with van der Waals surface area (Å²) in [5.41, 5.74) is -16.2. The molecule has 0 atom stereocenters. The number of fused-ring (bicyclic) bond motifs is 2. The number of pyridine rings is 3. The van der Waals surface area contributed by atoms with Gasteiger partial charge in [0.1, 0.15) is 11.4 Å². The maximum Gasteiger partial charge on any atom is 0.433 e. The van der Waals surface area contributed by atoms with Crippen LogP contribution in [0.4, 0.5) is 52.7 Å². The quantitative estimate of drug-likeness (QED) is 0.199. The summed E-state index contributed by atoms with van der Waals surface area (Å²) in [6.07, 6.45) is -20.5. The van der Waals surface area contributed by atoms with E-state index in [2.05, 4.69) is 15.0 Å². The Hall–Kier alpha value is -5.00. The van der Waals surface area contributed by atoms with Gasteiger partial charge in [-0.05, 0) is 43.3 Å². The van der Waals surface area contributed by atoms with Crippen LogP contribution in [0.1, 0.15) is 46.3 Å². The second-order valence-corrected chi connectivity index (χ2v) is 9.92. The summed E-state index contributed by atoms with van der Waals surface area (Å²) in [6, 6.07) is 7.53. The molecule has 0 radical (unpaired) electrons. The zero-order valence-corrected chi connectivity index (χ0v) is 23.6. The summed E-state index contributed by atoms with van der Waals surface area (Å²) in [7, 11) is 0.